The van der Waals surface area contributed by atoms with Crippen LogP contribution < -0.4 is 15.0 Å². The van der Waals surface area contributed by atoms with Crippen molar-refractivity contribution in [2.75, 3.05) is 32.1 Å². The molecular weight excluding hydrogens is 387 g/mol. The van der Waals surface area contributed by atoms with Crippen molar-refractivity contribution in [3.05, 3.63) is 58.3 Å². The number of nitrogens with one attached hydrogen (secondary N) is 1. The van der Waals surface area contributed by atoms with Crippen LogP contribution in [0.2, 0.25) is 0 Å². The minimum absolute atomic E-state index is 0.0688. The highest BCUT2D eigenvalue weighted by Gasteiger charge is 2.07. The first-order valence-electron chi connectivity index (χ1n) is 8.06. The minimum Gasteiger partial charge on any atom is -0.481 e. The molecule has 1 amide bonds. The van der Waals surface area contributed by atoms with E-state index in [1.54, 1.807) is 6.07 Å². The molecule has 0 heterocycles. The first-order valence-corrected chi connectivity index (χ1v) is 8.86. The summed E-state index contributed by atoms with van der Waals surface area (Å²) in [7, 11) is 4.01. The molecule has 0 saturated carbocycles. The summed E-state index contributed by atoms with van der Waals surface area (Å²) >= 11 is 3.17. The number of ether oxygens (including phenoxy) is 1. The van der Waals surface area contributed by atoms with Crippen molar-refractivity contribution in [1.29, 1.82) is 0 Å². The fourth-order valence-corrected chi connectivity index (χ4v) is 2.60. The second-order valence-electron chi connectivity index (χ2n) is 5.88. The van der Waals surface area contributed by atoms with Crippen LogP contribution in [0.15, 0.2) is 46.9 Å². The van der Waals surface area contributed by atoms with Gasteiger partial charge in [0.1, 0.15) is 0 Å². The Balaban J connectivity index is 1.66. The molecule has 0 aromatic heterocycles. The molecule has 0 fully saturated rings. The minimum atomic E-state index is -0.497. The number of hydrogen-bond donors (Lipinski definition) is 1. The van der Waals surface area contributed by atoms with Crippen molar-refractivity contribution >= 4 is 27.5 Å². The van der Waals surface area contributed by atoms with E-state index in [2.05, 4.69) is 50.4 Å². The molecule has 0 spiro atoms. The molecule has 4 nitrogen and oxygen atoms in total. The quantitative estimate of drug-likeness (QED) is 0.675. The van der Waals surface area contributed by atoms with E-state index in [4.69, 9.17) is 4.74 Å². The van der Waals surface area contributed by atoms with Crippen LogP contribution in [0.25, 0.3) is 0 Å². The second-order valence-corrected chi connectivity index (χ2v) is 6.79. The van der Waals surface area contributed by atoms with Crippen LogP contribution in [-0.4, -0.2) is 33.2 Å². The smallest absolute Gasteiger partial charge is 0.257 e. The summed E-state index contributed by atoms with van der Waals surface area (Å²) < 4.78 is 19.4. The normalized spacial score (nSPS) is 10.4. The van der Waals surface area contributed by atoms with Gasteiger partial charge in [-0.1, -0.05) is 28.1 Å². The van der Waals surface area contributed by atoms with Gasteiger partial charge in [-0.2, -0.15) is 0 Å². The van der Waals surface area contributed by atoms with E-state index in [0.717, 1.165) is 18.5 Å². The second kappa shape index (κ2) is 9.42. The third-order valence-corrected chi connectivity index (χ3v) is 4.16. The Labute approximate surface area is 156 Å². The molecule has 2 aromatic rings. The topological polar surface area (TPSA) is 41.6 Å². The van der Waals surface area contributed by atoms with E-state index in [0.29, 0.717) is 11.0 Å². The number of rotatable bonds is 8. The lowest BCUT2D eigenvalue weighted by Gasteiger charge is -2.12. The molecule has 1 N–H and O–H groups in total. The Morgan fingerprint density at radius 2 is 1.92 bits per heavy atom. The number of benzene rings is 2. The number of hydrogen-bond acceptors (Lipinski definition) is 3. The van der Waals surface area contributed by atoms with Crippen molar-refractivity contribution in [3.8, 4) is 5.75 Å². The number of carbonyl (C=O) groups is 1. The van der Waals surface area contributed by atoms with Crippen molar-refractivity contribution < 1.29 is 13.9 Å². The number of nitrogens with zero attached hydrogens (tertiary/aromatic N) is 1. The lowest BCUT2D eigenvalue weighted by Crippen LogP contribution is -2.30. The van der Waals surface area contributed by atoms with Crippen LogP contribution in [0.3, 0.4) is 0 Å². The van der Waals surface area contributed by atoms with Gasteiger partial charge in [0, 0.05) is 30.8 Å². The van der Waals surface area contributed by atoms with Gasteiger partial charge in [0.05, 0.1) is 0 Å². The van der Waals surface area contributed by atoms with Gasteiger partial charge in [-0.3, -0.25) is 4.79 Å². The van der Waals surface area contributed by atoms with Gasteiger partial charge in [0.2, 0.25) is 0 Å². The maximum absolute atomic E-state index is 13.6. The van der Waals surface area contributed by atoms with Gasteiger partial charge < -0.3 is 15.0 Å². The van der Waals surface area contributed by atoms with Crippen LogP contribution in [0.5, 0.6) is 5.75 Å². The molecular formula is C19H22BrFN2O2. The Hall–Kier alpha value is -2.08. The van der Waals surface area contributed by atoms with E-state index in [1.165, 1.54) is 17.7 Å². The van der Waals surface area contributed by atoms with Crippen molar-refractivity contribution in [2.24, 2.45) is 0 Å². The molecule has 134 valence electrons. The standard InChI is InChI=1S/C19H22BrFN2O2/c1-23(2)16-8-5-14(6-9-16)4-3-11-22-19(24)13-25-18-10-7-15(20)12-17(18)21/h5-10,12H,3-4,11,13H2,1-2H3,(H,22,24). The number of anilines is 1. The lowest BCUT2D eigenvalue weighted by molar-refractivity contribution is -0.123. The van der Waals surface area contributed by atoms with Gasteiger partial charge in [-0.25, -0.2) is 4.39 Å². The van der Waals surface area contributed by atoms with Crippen LogP contribution in [0.4, 0.5) is 10.1 Å². The van der Waals surface area contributed by atoms with E-state index in [1.807, 2.05) is 14.1 Å². The zero-order valence-corrected chi connectivity index (χ0v) is 16.0. The molecule has 0 bridgehead atoms. The Bertz CT molecular complexity index is 705. The molecule has 0 radical (unpaired) electrons. The summed E-state index contributed by atoms with van der Waals surface area (Å²) in [6.45, 7) is 0.358. The van der Waals surface area contributed by atoms with Crippen LogP contribution in [-0.2, 0) is 11.2 Å². The number of halogens is 2. The summed E-state index contributed by atoms with van der Waals surface area (Å²) in [5, 5.41) is 2.78. The highest BCUT2D eigenvalue weighted by molar-refractivity contribution is 9.10. The highest BCUT2D eigenvalue weighted by Crippen LogP contribution is 2.21. The molecule has 25 heavy (non-hydrogen) atoms. The number of carbonyl (C=O) groups excluding carboxylic acids is 1. The largest absolute Gasteiger partial charge is 0.481 e. The molecule has 0 unspecified atom stereocenters. The zero-order chi connectivity index (χ0) is 18.2. The Morgan fingerprint density at radius 3 is 2.56 bits per heavy atom. The fraction of sp³-hybridized carbons (Fsp3) is 0.316. The van der Waals surface area contributed by atoms with Gasteiger partial charge in [0.25, 0.3) is 5.91 Å². The summed E-state index contributed by atoms with van der Waals surface area (Å²) in [5.74, 6) is -0.687. The molecule has 0 atom stereocenters. The van der Waals surface area contributed by atoms with Gasteiger partial charge in [-0.05, 0) is 48.7 Å². The lowest BCUT2D eigenvalue weighted by atomic mass is 10.1. The third-order valence-electron chi connectivity index (χ3n) is 3.67. The first kappa shape index (κ1) is 19.2. The van der Waals surface area contributed by atoms with E-state index < -0.39 is 5.82 Å². The van der Waals surface area contributed by atoms with Crippen molar-refractivity contribution in [1.82, 2.24) is 5.32 Å². The first-order chi connectivity index (χ1) is 12.0. The van der Waals surface area contributed by atoms with Gasteiger partial charge >= 0.3 is 0 Å². The van der Waals surface area contributed by atoms with Crippen molar-refractivity contribution in [2.45, 2.75) is 12.8 Å². The van der Waals surface area contributed by atoms with E-state index >= 15 is 0 Å². The van der Waals surface area contributed by atoms with Crippen LogP contribution >= 0.6 is 15.9 Å². The SMILES string of the molecule is CN(C)c1ccc(CCCNC(=O)COc2ccc(Br)cc2F)cc1. The molecule has 0 saturated heterocycles. The number of amides is 1. The van der Waals surface area contributed by atoms with Gasteiger partial charge in [-0.15, -0.1) is 0 Å². The van der Waals surface area contributed by atoms with Crippen LogP contribution in [0.1, 0.15) is 12.0 Å². The summed E-state index contributed by atoms with van der Waals surface area (Å²) in [4.78, 5) is 13.8. The van der Waals surface area contributed by atoms with Crippen LogP contribution in [0, 0.1) is 5.82 Å². The third kappa shape index (κ3) is 6.38. The average Bonchev–Trinajstić information content (AvgIpc) is 2.58. The summed E-state index contributed by atoms with van der Waals surface area (Å²) in [6.07, 6.45) is 1.72. The van der Waals surface area contributed by atoms with E-state index in [9.17, 15) is 9.18 Å². The molecule has 0 aliphatic rings. The molecule has 0 aliphatic heterocycles. The molecule has 6 heteroatoms. The summed E-state index contributed by atoms with van der Waals surface area (Å²) in [5.41, 5.74) is 2.39. The molecule has 2 rings (SSSR count). The Morgan fingerprint density at radius 1 is 1.20 bits per heavy atom. The predicted octanol–water partition coefficient (Wildman–Crippen LogP) is 3.78. The average molecular weight is 409 g/mol. The predicted molar refractivity (Wildman–Crippen MR) is 102 cm³/mol. The highest BCUT2D eigenvalue weighted by atomic mass is 79.9. The summed E-state index contributed by atoms with van der Waals surface area (Å²) in [6, 6.07) is 12.8. The Kier molecular flexibility index (Phi) is 7.25. The molecule has 2 aromatic carbocycles. The monoisotopic (exact) mass is 408 g/mol. The van der Waals surface area contributed by atoms with Gasteiger partial charge in [0.15, 0.2) is 18.2 Å². The maximum Gasteiger partial charge on any atom is 0.257 e. The zero-order valence-electron chi connectivity index (χ0n) is 14.4. The van der Waals surface area contributed by atoms with Crippen molar-refractivity contribution in [3.63, 3.8) is 0 Å². The maximum atomic E-state index is 13.6. The van der Waals surface area contributed by atoms with E-state index in [-0.39, 0.29) is 18.3 Å². The molecule has 0 aliphatic carbocycles. The fourth-order valence-electron chi connectivity index (χ4n) is 2.27. The number of aryl methyl sites for hydroxylation is 1.